The Labute approximate surface area is 199 Å². The summed E-state index contributed by atoms with van der Waals surface area (Å²) in [5, 5.41) is 33.4. The summed E-state index contributed by atoms with van der Waals surface area (Å²) in [5.41, 5.74) is 7.97. The van der Waals surface area contributed by atoms with Crippen molar-refractivity contribution in [2.45, 2.75) is 13.5 Å². The van der Waals surface area contributed by atoms with Crippen LogP contribution in [0.1, 0.15) is 11.3 Å². The van der Waals surface area contributed by atoms with Gasteiger partial charge in [-0.3, -0.25) is 4.98 Å². The predicted octanol–water partition coefficient (Wildman–Crippen LogP) is 4.18. The lowest BCUT2D eigenvalue weighted by atomic mass is 9.98. The molecule has 3 N–H and O–H groups in total. The number of H-pyrrole nitrogens is 2. The van der Waals surface area contributed by atoms with Gasteiger partial charge in [0, 0.05) is 34.4 Å². The molecule has 0 spiro atoms. The Kier molecular flexibility index (Phi) is 5.15. The van der Waals surface area contributed by atoms with Crippen molar-refractivity contribution in [3.8, 4) is 33.9 Å². The Morgan fingerprint density at radius 2 is 1.46 bits per heavy atom. The number of pyridine rings is 1. The van der Waals surface area contributed by atoms with E-state index in [1.165, 1.54) is 0 Å². The van der Waals surface area contributed by atoms with Crippen molar-refractivity contribution >= 4 is 16.6 Å². The molecule has 10 nitrogen and oxygen atoms in total. The zero-order valence-electron chi connectivity index (χ0n) is 18.8. The van der Waals surface area contributed by atoms with Gasteiger partial charge in [0.05, 0.1) is 5.52 Å². The Hall–Kier alpha value is -4.99. The highest BCUT2D eigenvalue weighted by Gasteiger charge is 2.11. The van der Waals surface area contributed by atoms with E-state index in [4.69, 9.17) is 0 Å². The molecular formula is C25H20N10. The van der Waals surface area contributed by atoms with Crippen LogP contribution in [0.2, 0.25) is 0 Å². The van der Waals surface area contributed by atoms with Gasteiger partial charge in [0.15, 0.2) is 0 Å². The highest BCUT2D eigenvalue weighted by molar-refractivity contribution is 5.94. The molecule has 3 heterocycles. The highest BCUT2D eigenvalue weighted by Crippen LogP contribution is 2.31. The van der Waals surface area contributed by atoms with Gasteiger partial charge in [-0.15, -0.1) is 20.4 Å². The fourth-order valence-electron chi connectivity index (χ4n) is 4.13. The Balaban J connectivity index is 1.26. The fraction of sp³-hybridized carbons (Fsp3) is 0.0800. The van der Waals surface area contributed by atoms with E-state index in [1.807, 2.05) is 43.3 Å². The number of hydrogen-bond acceptors (Lipinski definition) is 8. The predicted molar refractivity (Wildman–Crippen MR) is 132 cm³/mol. The first-order valence-corrected chi connectivity index (χ1v) is 11.1. The number of nitrogens with one attached hydrogen (secondary N) is 3. The molecule has 170 valence electrons. The molecular weight excluding hydrogens is 440 g/mol. The molecule has 0 saturated carbocycles. The number of aryl methyl sites for hydroxylation is 1. The zero-order chi connectivity index (χ0) is 23.6. The maximum Gasteiger partial charge on any atom is 0.205 e. The third-order valence-electron chi connectivity index (χ3n) is 5.80. The summed E-state index contributed by atoms with van der Waals surface area (Å²) in [6.07, 6.45) is 0. The van der Waals surface area contributed by atoms with Gasteiger partial charge in [0.1, 0.15) is 0 Å². The molecule has 6 rings (SSSR count). The number of aromatic amines is 2. The second kappa shape index (κ2) is 8.75. The fourth-order valence-corrected chi connectivity index (χ4v) is 4.13. The number of nitrogens with zero attached hydrogens (tertiary/aromatic N) is 7. The third-order valence-corrected chi connectivity index (χ3v) is 5.80. The smallest absolute Gasteiger partial charge is 0.205 e. The number of rotatable bonds is 6. The number of hydrogen-bond donors (Lipinski definition) is 3. The topological polar surface area (TPSA) is 134 Å². The van der Waals surface area contributed by atoms with E-state index in [1.54, 1.807) is 0 Å². The molecule has 0 aliphatic carbocycles. The van der Waals surface area contributed by atoms with Crippen molar-refractivity contribution < 1.29 is 0 Å². The molecule has 3 aromatic heterocycles. The molecule has 35 heavy (non-hydrogen) atoms. The second-order valence-electron chi connectivity index (χ2n) is 8.11. The summed E-state index contributed by atoms with van der Waals surface area (Å²) in [5.74, 6) is 1.13. The Morgan fingerprint density at radius 3 is 2.20 bits per heavy atom. The summed E-state index contributed by atoms with van der Waals surface area (Å²) in [4.78, 5) is 4.67. The van der Waals surface area contributed by atoms with E-state index in [2.05, 4.69) is 87.9 Å². The monoisotopic (exact) mass is 460 g/mol. The molecule has 0 aliphatic heterocycles. The first-order chi connectivity index (χ1) is 17.2. The normalized spacial score (nSPS) is 11.1. The van der Waals surface area contributed by atoms with Crippen molar-refractivity contribution in [2.24, 2.45) is 0 Å². The van der Waals surface area contributed by atoms with Gasteiger partial charge in [-0.1, -0.05) is 48.5 Å². The van der Waals surface area contributed by atoms with Crippen molar-refractivity contribution in [1.29, 1.82) is 0 Å². The molecule has 0 atom stereocenters. The molecule has 10 heteroatoms. The van der Waals surface area contributed by atoms with Crippen LogP contribution in [-0.2, 0) is 6.54 Å². The van der Waals surface area contributed by atoms with Crippen LogP contribution in [0.4, 0.5) is 5.69 Å². The van der Waals surface area contributed by atoms with Gasteiger partial charge in [-0.05, 0) is 58.3 Å². The van der Waals surface area contributed by atoms with E-state index in [0.717, 1.165) is 50.1 Å². The van der Waals surface area contributed by atoms with E-state index in [0.29, 0.717) is 18.2 Å². The quantitative estimate of drug-likeness (QED) is 0.337. The molecule has 0 fully saturated rings. The second-order valence-corrected chi connectivity index (χ2v) is 8.11. The summed E-state index contributed by atoms with van der Waals surface area (Å²) >= 11 is 0. The van der Waals surface area contributed by atoms with Crippen LogP contribution in [0.25, 0.3) is 44.8 Å². The van der Waals surface area contributed by atoms with Crippen LogP contribution in [-0.4, -0.2) is 46.2 Å². The number of fused-ring (bicyclic) bond motifs is 1. The first kappa shape index (κ1) is 20.6. The van der Waals surface area contributed by atoms with Crippen molar-refractivity contribution in [1.82, 2.24) is 46.2 Å². The lowest BCUT2D eigenvalue weighted by molar-refractivity contribution is 0.881. The largest absolute Gasteiger partial charge is 0.380 e. The number of tetrazole rings is 2. The molecule has 6 aromatic rings. The Bertz CT molecular complexity index is 1590. The van der Waals surface area contributed by atoms with Gasteiger partial charge in [-0.2, -0.15) is 10.4 Å². The van der Waals surface area contributed by atoms with Gasteiger partial charge in [0.2, 0.25) is 11.6 Å². The molecule has 0 amide bonds. The Morgan fingerprint density at radius 1 is 0.743 bits per heavy atom. The van der Waals surface area contributed by atoms with Crippen LogP contribution in [0.15, 0.2) is 72.8 Å². The minimum atomic E-state index is 0.551. The average molecular weight is 461 g/mol. The molecule has 0 bridgehead atoms. The highest BCUT2D eigenvalue weighted by atomic mass is 15.5. The van der Waals surface area contributed by atoms with Crippen LogP contribution in [0.3, 0.4) is 0 Å². The van der Waals surface area contributed by atoms with Crippen LogP contribution >= 0.6 is 0 Å². The first-order valence-electron chi connectivity index (χ1n) is 11.1. The van der Waals surface area contributed by atoms with Crippen LogP contribution in [0, 0.1) is 6.92 Å². The van der Waals surface area contributed by atoms with E-state index in [-0.39, 0.29) is 0 Å². The summed E-state index contributed by atoms with van der Waals surface area (Å²) in [7, 11) is 0. The molecule has 0 radical (unpaired) electrons. The summed E-state index contributed by atoms with van der Waals surface area (Å²) in [6.45, 7) is 2.66. The van der Waals surface area contributed by atoms with Gasteiger partial charge >= 0.3 is 0 Å². The number of anilines is 1. The zero-order valence-corrected chi connectivity index (χ0v) is 18.8. The van der Waals surface area contributed by atoms with E-state index < -0.39 is 0 Å². The minimum absolute atomic E-state index is 0.551. The lowest BCUT2D eigenvalue weighted by Gasteiger charge is -2.12. The van der Waals surface area contributed by atoms with Gasteiger partial charge in [0.25, 0.3) is 0 Å². The van der Waals surface area contributed by atoms with Crippen molar-refractivity contribution in [2.75, 3.05) is 5.32 Å². The molecule has 0 saturated heterocycles. The maximum absolute atomic E-state index is 4.67. The number of benzene rings is 3. The van der Waals surface area contributed by atoms with Crippen LogP contribution < -0.4 is 5.32 Å². The standard InChI is InChI=1S/C25H20N10/c1-15-12-23(21-13-18(10-11-22(21)27-15)24-28-32-33-29-24)26-14-16-6-8-17(9-7-16)19-4-2-3-5-20(19)25-30-34-35-31-25/h2-13H,14H2,1H3,(H,26,27)(H,28,29,32,33)(H,30,31,34,35). The SMILES string of the molecule is Cc1cc(NCc2ccc(-c3ccccc3-c3nn[nH]n3)cc2)c2cc(-c3nn[nH]n3)ccc2n1. The molecule has 0 unspecified atom stereocenters. The van der Waals surface area contributed by atoms with E-state index >= 15 is 0 Å². The number of aromatic nitrogens is 9. The average Bonchev–Trinajstić information content (AvgIpc) is 3.62. The summed E-state index contributed by atoms with van der Waals surface area (Å²) < 4.78 is 0. The van der Waals surface area contributed by atoms with Gasteiger partial charge < -0.3 is 5.32 Å². The van der Waals surface area contributed by atoms with Crippen molar-refractivity contribution in [3.05, 3.63) is 84.1 Å². The van der Waals surface area contributed by atoms with Gasteiger partial charge in [-0.25, -0.2) is 0 Å². The molecule has 3 aromatic carbocycles. The summed E-state index contributed by atoms with van der Waals surface area (Å²) in [6, 6.07) is 24.5. The third kappa shape index (κ3) is 4.08. The van der Waals surface area contributed by atoms with Crippen LogP contribution in [0.5, 0.6) is 0 Å². The van der Waals surface area contributed by atoms with Crippen molar-refractivity contribution in [3.63, 3.8) is 0 Å². The minimum Gasteiger partial charge on any atom is -0.380 e. The van der Waals surface area contributed by atoms with E-state index in [9.17, 15) is 0 Å². The molecule has 0 aliphatic rings. The maximum atomic E-state index is 4.67. The lowest BCUT2D eigenvalue weighted by Crippen LogP contribution is -2.01.